The molecule has 7 heteroatoms. The van der Waals surface area contributed by atoms with Gasteiger partial charge < -0.3 is 9.15 Å². The number of sulfonamides is 1. The van der Waals surface area contributed by atoms with Gasteiger partial charge in [0.25, 0.3) is 0 Å². The van der Waals surface area contributed by atoms with Gasteiger partial charge in [-0.05, 0) is 23.8 Å². The molecular weight excluding hydrogens is 306 g/mol. The minimum atomic E-state index is -3.66. The number of ether oxygens (including phenoxy) is 1. The summed E-state index contributed by atoms with van der Waals surface area (Å²) in [4.78, 5) is 11.9. The van der Waals surface area contributed by atoms with Crippen molar-refractivity contribution < 1.29 is 22.4 Å². The lowest BCUT2D eigenvalue weighted by molar-refractivity contribution is -0.141. The molecule has 3 rings (SSSR count). The van der Waals surface area contributed by atoms with E-state index < -0.39 is 22.0 Å². The second-order valence-corrected chi connectivity index (χ2v) is 6.82. The van der Waals surface area contributed by atoms with Crippen LogP contribution in [0.1, 0.15) is 23.8 Å². The summed E-state index contributed by atoms with van der Waals surface area (Å²) in [5.74, 6) is 0.0626. The van der Waals surface area contributed by atoms with E-state index in [1.807, 2.05) is 0 Å². The van der Waals surface area contributed by atoms with Crippen molar-refractivity contribution in [1.29, 1.82) is 0 Å². The molecule has 1 aliphatic rings. The van der Waals surface area contributed by atoms with Gasteiger partial charge in [0.05, 0.1) is 37.3 Å². The zero-order valence-corrected chi connectivity index (χ0v) is 12.7. The van der Waals surface area contributed by atoms with Crippen molar-refractivity contribution in [1.82, 2.24) is 4.31 Å². The Balaban J connectivity index is 2.03. The van der Waals surface area contributed by atoms with Crippen LogP contribution in [0.4, 0.5) is 0 Å². The number of hydrogen-bond donors (Lipinski definition) is 0. The Morgan fingerprint density at radius 2 is 2.05 bits per heavy atom. The molecule has 0 bridgehead atoms. The Morgan fingerprint density at radius 1 is 1.27 bits per heavy atom. The SMILES string of the molecule is COC(=O)C[C@H]1c2ccccc2S(=O)(=O)N1Cc1ccco1. The smallest absolute Gasteiger partial charge is 0.307 e. The Bertz CT molecular complexity index is 782. The number of methoxy groups -OCH3 is 1. The molecule has 0 aliphatic carbocycles. The minimum Gasteiger partial charge on any atom is -0.469 e. The summed E-state index contributed by atoms with van der Waals surface area (Å²) < 4.78 is 36.7. The normalized spacial score (nSPS) is 19.8. The average molecular weight is 321 g/mol. The molecule has 1 atom stereocenters. The van der Waals surface area contributed by atoms with Gasteiger partial charge >= 0.3 is 5.97 Å². The molecule has 0 fully saturated rings. The van der Waals surface area contributed by atoms with Gasteiger partial charge in [-0.25, -0.2) is 8.42 Å². The quantitative estimate of drug-likeness (QED) is 0.806. The summed E-state index contributed by atoms with van der Waals surface area (Å²) in [6.07, 6.45) is 1.45. The fourth-order valence-corrected chi connectivity index (χ4v) is 4.47. The second-order valence-electron chi connectivity index (χ2n) is 4.96. The molecule has 6 nitrogen and oxygen atoms in total. The van der Waals surface area contributed by atoms with Gasteiger partial charge in [-0.1, -0.05) is 18.2 Å². The summed E-state index contributed by atoms with van der Waals surface area (Å²) in [5.41, 5.74) is 0.611. The molecule has 0 unspecified atom stereocenters. The molecule has 0 saturated carbocycles. The molecule has 22 heavy (non-hydrogen) atoms. The van der Waals surface area contributed by atoms with Gasteiger partial charge in [-0.3, -0.25) is 4.79 Å². The Morgan fingerprint density at radius 3 is 2.73 bits per heavy atom. The highest BCUT2D eigenvalue weighted by molar-refractivity contribution is 7.89. The number of benzene rings is 1. The second kappa shape index (κ2) is 5.58. The Hall–Kier alpha value is -2.12. The van der Waals surface area contributed by atoms with Gasteiger partial charge in [0.15, 0.2) is 0 Å². The fraction of sp³-hybridized carbons (Fsp3) is 0.267. The minimum absolute atomic E-state index is 0.0343. The van der Waals surface area contributed by atoms with Crippen LogP contribution >= 0.6 is 0 Å². The van der Waals surface area contributed by atoms with Gasteiger partial charge in [-0.2, -0.15) is 4.31 Å². The molecule has 1 aromatic heterocycles. The first kappa shape index (κ1) is 14.8. The summed E-state index contributed by atoms with van der Waals surface area (Å²) in [6, 6.07) is 9.52. The first-order chi connectivity index (χ1) is 10.5. The van der Waals surface area contributed by atoms with Crippen LogP contribution in [0, 0.1) is 0 Å². The van der Waals surface area contributed by atoms with Crippen LogP contribution < -0.4 is 0 Å². The number of carbonyl (C=O) groups is 1. The highest BCUT2D eigenvalue weighted by Crippen LogP contribution is 2.42. The molecule has 2 aromatic rings. The van der Waals surface area contributed by atoms with Gasteiger partial charge in [-0.15, -0.1) is 0 Å². The molecule has 1 aromatic carbocycles. The third-order valence-corrected chi connectivity index (χ3v) is 5.62. The molecule has 0 saturated heterocycles. The van der Waals surface area contributed by atoms with E-state index in [4.69, 9.17) is 9.15 Å². The van der Waals surface area contributed by atoms with Crippen LogP contribution in [-0.4, -0.2) is 25.8 Å². The maximum absolute atomic E-state index is 12.7. The average Bonchev–Trinajstić information content (AvgIpc) is 3.09. The van der Waals surface area contributed by atoms with Crippen molar-refractivity contribution in [2.24, 2.45) is 0 Å². The largest absolute Gasteiger partial charge is 0.469 e. The van der Waals surface area contributed by atoms with Crippen LogP contribution in [0.15, 0.2) is 52.0 Å². The number of esters is 1. The maximum Gasteiger partial charge on any atom is 0.307 e. The third-order valence-electron chi connectivity index (χ3n) is 3.69. The van der Waals surface area contributed by atoms with Crippen molar-refractivity contribution in [3.63, 3.8) is 0 Å². The first-order valence-corrected chi connectivity index (χ1v) is 8.18. The first-order valence-electron chi connectivity index (χ1n) is 6.74. The van der Waals surface area contributed by atoms with Crippen molar-refractivity contribution >= 4 is 16.0 Å². The summed E-state index contributed by atoms with van der Waals surface area (Å²) in [7, 11) is -2.37. The lowest BCUT2D eigenvalue weighted by atomic mass is 10.0. The summed E-state index contributed by atoms with van der Waals surface area (Å²) in [6.45, 7) is 0.0751. The molecule has 0 N–H and O–H groups in total. The highest BCUT2D eigenvalue weighted by Gasteiger charge is 2.43. The monoisotopic (exact) mass is 321 g/mol. The molecule has 116 valence electrons. The molecule has 1 aliphatic heterocycles. The van der Waals surface area contributed by atoms with E-state index in [9.17, 15) is 13.2 Å². The highest BCUT2D eigenvalue weighted by atomic mass is 32.2. The number of fused-ring (bicyclic) bond motifs is 1. The van der Waals surface area contributed by atoms with E-state index in [1.54, 1.807) is 36.4 Å². The fourth-order valence-electron chi connectivity index (χ4n) is 2.64. The van der Waals surface area contributed by atoms with Crippen molar-refractivity contribution in [2.75, 3.05) is 7.11 Å². The summed E-state index contributed by atoms with van der Waals surface area (Å²) >= 11 is 0. The number of rotatable bonds is 4. The van der Waals surface area contributed by atoms with Crippen molar-refractivity contribution in [3.05, 3.63) is 54.0 Å². The van der Waals surface area contributed by atoms with Gasteiger partial charge in [0.2, 0.25) is 10.0 Å². The molecule has 2 heterocycles. The number of nitrogens with zero attached hydrogens (tertiary/aromatic N) is 1. The van der Waals surface area contributed by atoms with Crippen LogP contribution in [0.25, 0.3) is 0 Å². The zero-order chi connectivity index (χ0) is 15.7. The molecule has 0 spiro atoms. The van der Waals surface area contributed by atoms with E-state index in [1.165, 1.54) is 17.7 Å². The van der Waals surface area contributed by atoms with Crippen LogP contribution in [0.2, 0.25) is 0 Å². The van der Waals surface area contributed by atoms with Crippen molar-refractivity contribution in [3.8, 4) is 0 Å². The van der Waals surface area contributed by atoms with E-state index >= 15 is 0 Å². The topological polar surface area (TPSA) is 76.8 Å². The van der Waals surface area contributed by atoms with Gasteiger partial charge in [0.1, 0.15) is 5.76 Å². The number of furan rings is 1. The van der Waals surface area contributed by atoms with E-state index in [0.717, 1.165) is 0 Å². The molecule has 0 amide bonds. The van der Waals surface area contributed by atoms with E-state index in [2.05, 4.69) is 0 Å². The zero-order valence-electron chi connectivity index (χ0n) is 11.9. The van der Waals surface area contributed by atoms with Crippen LogP contribution in [-0.2, 0) is 26.1 Å². The van der Waals surface area contributed by atoms with Crippen molar-refractivity contribution in [2.45, 2.75) is 23.9 Å². The lowest BCUT2D eigenvalue weighted by Crippen LogP contribution is -2.29. The molecule has 0 radical (unpaired) electrons. The number of carbonyl (C=O) groups excluding carboxylic acids is 1. The Labute approximate surface area is 128 Å². The van der Waals surface area contributed by atoms with E-state index in [0.29, 0.717) is 11.3 Å². The maximum atomic E-state index is 12.7. The van der Waals surface area contributed by atoms with E-state index in [-0.39, 0.29) is 17.9 Å². The van der Waals surface area contributed by atoms with Gasteiger partial charge in [0, 0.05) is 0 Å². The van der Waals surface area contributed by atoms with Crippen LogP contribution in [0.5, 0.6) is 0 Å². The predicted octanol–water partition coefficient (Wildman–Crippen LogP) is 2.09. The number of hydrogen-bond acceptors (Lipinski definition) is 5. The van der Waals surface area contributed by atoms with Crippen LogP contribution in [0.3, 0.4) is 0 Å². The summed E-state index contributed by atoms with van der Waals surface area (Å²) in [5, 5.41) is 0. The predicted molar refractivity (Wildman–Crippen MR) is 77.3 cm³/mol. The third kappa shape index (κ3) is 2.42. The lowest BCUT2D eigenvalue weighted by Gasteiger charge is -2.21. The molecular formula is C15H15NO5S. The standard InChI is InChI=1S/C15H15NO5S/c1-20-15(17)9-13-12-6-2-3-7-14(12)22(18,19)16(13)10-11-5-4-8-21-11/h2-8,13H,9-10H2,1H3/t13-/m0/s1. The Kier molecular flexibility index (Phi) is 3.76.